The van der Waals surface area contributed by atoms with E-state index in [0.29, 0.717) is 29.8 Å². The zero-order valence-electron chi connectivity index (χ0n) is 15.0. The van der Waals surface area contributed by atoms with Gasteiger partial charge >= 0.3 is 0 Å². The van der Waals surface area contributed by atoms with Crippen LogP contribution in [-0.4, -0.2) is 34.2 Å². The molecule has 0 saturated heterocycles. The number of allylic oxidation sites excluding steroid dienone is 1. The molecule has 0 bridgehead atoms. The number of nitrogens with one attached hydrogen (secondary N) is 1. The van der Waals surface area contributed by atoms with Crippen molar-refractivity contribution in [1.29, 1.82) is 0 Å². The number of hydrazone groups is 1. The van der Waals surface area contributed by atoms with Gasteiger partial charge in [-0.1, -0.05) is 32.6 Å². The van der Waals surface area contributed by atoms with Gasteiger partial charge in [-0.05, 0) is 36.5 Å². The molecule has 0 saturated carbocycles. The monoisotopic (exact) mass is 343 g/mol. The Kier molecular flexibility index (Phi) is 5.74. The maximum atomic E-state index is 12.3. The van der Waals surface area contributed by atoms with Crippen LogP contribution in [0.4, 0.5) is 0 Å². The normalized spacial score (nSPS) is 18.1. The highest BCUT2D eigenvalue weighted by molar-refractivity contribution is 6.21. The Morgan fingerprint density at radius 3 is 2.60 bits per heavy atom. The highest BCUT2D eigenvalue weighted by Gasteiger charge is 2.26. The Morgan fingerprint density at radius 2 is 2.00 bits per heavy atom. The largest absolute Gasteiger partial charge is 0.294 e. The van der Waals surface area contributed by atoms with Crippen LogP contribution < -0.4 is 5.48 Å². The third-order valence-corrected chi connectivity index (χ3v) is 4.43. The molecule has 0 aliphatic carbocycles. The number of ketones is 1. The molecule has 2 rings (SSSR count). The van der Waals surface area contributed by atoms with Crippen molar-refractivity contribution in [2.24, 2.45) is 10.5 Å². The SMILES string of the molecule is C=C1C(=O)CC(C)(C)CCN(Cc2ccc(C(=O)NO)cc2)N=C1C. The van der Waals surface area contributed by atoms with Crippen molar-refractivity contribution >= 4 is 17.4 Å². The molecule has 1 aromatic carbocycles. The minimum Gasteiger partial charge on any atom is -0.294 e. The average molecular weight is 343 g/mol. The molecule has 0 aromatic heterocycles. The predicted molar refractivity (Wildman–Crippen MR) is 96.4 cm³/mol. The molecule has 1 heterocycles. The minimum atomic E-state index is -0.542. The number of carbonyl (C=O) groups is 2. The molecule has 0 unspecified atom stereocenters. The zero-order valence-corrected chi connectivity index (χ0v) is 15.0. The van der Waals surface area contributed by atoms with Gasteiger partial charge < -0.3 is 0 Å². The summed E-state index contributed by atoms with van der Waals surface area (Å²) in [6.07, 6.45) is 1.31. The van der Waals surface area contributed by atoms with E-state index in [1.807, 2.05) is 17.1 Å². The number of hydrogen-bond acceptors (Lipinski definition) is 5. The van der Waals surface area contributed by atoms with Crippen molar-refractivity contribution in [3.63, 3.8) is 0 Å². The van der Waals surface area contributed by atoms with Crippen molar-refractivity contribution in [2.45, 2.75) is 40.2 Å². The molecule has 1 aliphatic heterocycles. The molecular formula is C19H25N3O3. The first kappa shape index (κ1) is 18.9. The van der Waals surface area contributed by atoms with Gasteiger partial charge in [-0.2, -0.15) is 5.10 Å². The van der Waals surface area contributed by atoms with Crippen molar-refractivity contribution in [2.75, 3.05) is 6.54 Å². The van der Waals surface area contributed by atoms with E-state index in [1.165, 1.54) is 0 Å². The van der Waals surface area contributed by atoms with E-state index in [2.05, 4.69) is 25.5 Å². The second-order valence-electron chi connectivity index (χ2n) is 7.20. The lowest BCUT2D eigenvalue weighted by Crippen LogP contribution is -2.24. The van der Waals surface area contributed by atoms with Gasteiger partial charge in [0.2, 0.25) is 0 Å². The molecular weight excluding hydrogens is 318 g/mol. The van der Waals surface area contributed by atoms with Crippen molar-refractivity contribution < 1.29 is 14.8 Å². The summed E-state index contributed by atoms with van der Waals surface area (Å²) in [7, 11) is 0. The molecule has 0 radical (unpaired) electrons. The first-order valence-electron chi connectivity index (χ1n) is 8.28. The highest BCUT2D eigenvalue weighted by atomic mass is 16.5. The molecule has 1 aromatic rings. The lowest BCUT2D eigenvalue weighted by atomic mass is 9.82. The van der Waals surface area contributed by atoms with Gasteiger partial charge in [0, 0.05) is 24.1 Å². The van der Waals surface area contributed by atoms with E-state index in [4.69, 9.17) is 5.21 Å². The Hall–Kier alpha value is -2.47. The van der Waals surface area contributed by atoms with Crippen LogP contribution >= 0.6 is 0 Å². The topological polar surface area (TPSA) is 82.0 Å². The first-order valence-corrected chi connectivity index (χ1v) is 8.28. The molecule has 0 fully saturated rings. The van der Waals surface area contributed by atoms with E-state index in [-0.39, 0.29) is 11.2 Å². The highest BCUT2D eigenvalue weighted by Crippen LogP contribution is 2.29. The fraction of sp³-hybridized carbons (Fsp3) is 0.421. The molecule has 2 N–H and O–H groups in total. The van der Waals surface area contributed by atoms with Gasteiger partial charge in [0.15, 0.2) is 5.78 Å². The number of nitrogens with zero attached hydrogens (tertiary/aromatic N) is 2. The lowest BCUT2D eigenvalue weighted by molar-refractivity contribution is -0.116. The van der Waals surface area contributed by atoms with Gasteiger partial charge in [-0.15, -0.1) is 0 Å². The van der Waals surface area contributed by atoms with Gasteiger partial charge in [-0.3, -0.25) is 19.8 Å². The van der Waals surface area contributed by atoms with Crippen molar-refractivity contribution in [3.05, 3.63) is 47.5 Å². The fourth-order valence-electron chi connectivity index (χ4n) is 2.74. The number of amides is 1. The van der Waals surface area contributed by atoms with Crippen LogP contribution in [0.5, 0.6) is 0 Å². The molecule has 6 heteroatoms. The number of hydrogen-bond donors (Lipinski definition) is 2. The van der Waals surface area contributed by atoms with E-state index in [0.717, 1.165) is 18.5 Å². The zero-order chi connectivity index (χ0) is 18.6. The molecule has 0 spiro atoms. The Morgan fingerprint density at radius 1 is 1.36 bits per heavy atom. The second kappa shape index (κ2) is 7.61. The molecule has 0 atom stereocenters. The van der Waals surface area contributed by atoms with Gasteiger partial charge in [0.25, 0.3) is 5.91 Å². The lowest BCUT2D eigenvalue weighted by Gasteiger charge is -2.26. The van der Waals surface area contributed by atoms with E-state index in [1.54, 1.807) is 24.5 Å². The average Bonchev–Trinajstić information content (AvgIpc) is 2.60. The minimum absolute atomic E-state index is 0.0486. The van der Waals surface area contributed by atoms with E-state index >= 15 is 0 Å². The second-order valence-corrected chi connectivity index (χ2v) is 7.20. The standard InChI is InChI=1S/C19H25N3O3/c1-13-14(2)20-22(10-9-19(3,4)11-17(13)23)12-15-5-7-16(8-6-15)18(24)21-25/h5-8,25H,1,9-12H2,2-4H3,(H,21,24). The summed E-state index contributed by atoms with van der Waals surface area (Å²) in [6, 6.07) is 6.96. The Labute approximate surface area is 148 Å². The maximum Gasteiger partial charge on any atom is 0.274 e. The maximum absolute atomic E-state index is 12.3. The Balaban J connectivity index is 2.19. The number of hydroxylamine groups is 1. The molecule has 1 amide bonds. The van der Waals surface area contributed by atoms with Crippen molar-refractivity contribution in [3.8, 4) is 0 Å². The van der Waals surface area contributed by atoms with Crippen LogP contribution in [0.15, 0.2) is 41.5 Å². The molecule has 134 valence electrons. The molecule has 25 heavy (non-hydrogen) atoms. The number of benzene rings is 1. The summed E-state index contributed by atoms with van der Waals surface area (Å²) in [5, 5.41) is 15.2. The van der Waals surface area contributed by atoms with Gasteiger partial charge in [0.1, 0.15) is 0 Å². The molecule has 6 nitrogen and oxygen atoms in total. The summed E-state index contributed by atoms with van der Waals surface area (Å²) >= 11 is 0. The van der Waals surface area contributed by atoms with Crippen LogP contribution in [0.3, 0.4) is 0 Å². The van der Waals surface area contributed by atoms with Crippen LogP contribution in [0.1, 0.15) is 49.5 Å². The summed E-state index contributed by atoms with van der Waals surface area (Å²) in [5.41, 5.74) is 3.98. The molecule has 1 aliphatic rings. The smallest absolute Gasteiger partial charge is 0.274 e. The van der Waals surface area contributed by atoms with Crippen LogP contribution in [0.25, 0.3) is 0 Å². The van der Waals surface area contributed by atoms with Crippen LogP contribution in [-0.2, 0) is 11.3 Å². The van der Waals surface area contributed by atoms with Gasteiger partial charge in [0.05, 0.1) is 12.3 Å². The third-order valence-electron chi connectivity index (χ3n) is 4.43. The number of carbonyl (C=O) groups excluding carboxylic acids is 2. The number of Topliss-reactive ketones (excluding diaryl/α,β-unsaturated/α-hetero) is 1. The Bertz CT molecular complexity index is 705. The van der Waals surface area contributed by atoms with Crippen molar-refractivity contribution in [1.82, 2.24) is 10.5 Å². The quantitative estimate of drug-likeness (QED) is 0.502. The fourth-order valence-corrected chi connectivity index (χ4v) is 2.74. The number of rotatable bonds is 3. The summed E-state index contributed by atoms with van der Waals surface area (Å²) < 4.78 is 0. The predicted octanol–water partition coefficient (Wildman–Crippen LogP) is 2.93. The summed E-state index contributed by atoms with van der Waals surface area (Å²) in [4.78, 5) is 23.7. The first-order chi connectivity index (χ1) is 11.7. The van der Waals surface area contributed by atoms with E-state index in [9.17, 15) is 9.59 Å². The summed E-state index contributed by atoms with van der Waals surface area (Å²) in [6.45, 7) is 11.2. The van der Waals surface area contributed by atoms with E-state index < -0.39 is 5.91 Å². The van der Waals surface area contributed by atoms with Crippen LogP contribution in [0.2, 0.25) is 0 Å². The van der Waals surface area contributed by atoms with Crippen LogP contribution in [0, 0.1) is 5.41 Å². The summed E-state index contributed by atoms with van der Waals surface area (Å²) in [5.74, 6) is -0.493. The van der Waals surface area contributed by atoms with Gasteiger partial charge in [-0.25, -0.2) is 5.48 Å². The third kappa shape index (κ3) is 5.00.